The van der Waals surface area contributed by atoms with Gasteiger partial charge in [-0.25, -0.2) is 4.79 Å². The highest BCUT2D eigenvalue weighted by molar-refractivity contribution is 5.67. The summed E-state index contributed by atoms with van der Waals surface area (Å²) in [5.41, 5.74) is 9.48. The van der Waals surface area contributed by atoms with Gasteiger partial charge < -0.3 is 14.8 Å². The third-order valence-corrected chi connectivity index (χ3v) is 3.79. The number of nitrogens with one attached hydrogen (secondary N) is 1. The number of ether oxygens (including phenoxy) is 2. The van der Waals surface area contributed by atoms with E-state index in [1.807, 2.05) is 30.3 Å². The zero-order chi connectivity index (χ0) is 15.8. The molecule has 1 N–H and O–H groups in total. The van der Waals surface area contributed by atoms with Gasteiger partial charge in [0.15, 0.2) is 0 Å². The Bertz CT molecular complexity index is 531. The molecule has 0 unspecified atom stereocenters. The molecule has 0 radical (unpaired) electrons. The Kier molecular flexibility index (Phi) is 6.06. The third kappa shape index (κ3) is 4.65. The van der Waals surface area contributed by atoms with Crippen molar-refractivity contribution in [1.82, 2.24) is 5.32 Å². The normalized spacial score (nSPS) is 24.1. The molecular formula is C15H20N4O3. The Hall–Kier alpha value is -2.24. The third-order valence-electron chi connectivity index (χ3n) is 3.79. The van der Waals surface area contributed by atoms with E-state index in [2.05, 4.69) is 15.3 Å². The maximum Gasteiger partial charge on any atom is 0.407 e. The molecular weight excluding hydrogens is 284 g/mol. The molecule has 1 saturated carbocycles. The van der Waals surface area contributed by atoms with Crippen LogP contribution in [0.1, 0.15) is 24.8 Å². The summed E-state index contributed by atoms with van der Waals surface area (Å²) in [4.78, 5) is 14.7. The van der Waals surface area contributed by atoms with E-state index in [1.54, 1.807) is 7.11 Å². The molecule has 0 heterocycles. The number of hydrogen-bond donors (Lipinski definition) is 1. The van der Waals surface area contributed by atoms with Crippen LogP contribution in [0.2, 0.25) is 0 Å². The standard InChI is InChI=1S/C15H20N4O3/c1-21-14-9-12(7-8-13(14)18-19-16)17-15(20)22-10-11-5-3-2-4-6-11/h2-6,12-14H,7-10H2,1H3,(H,17,20)/t12-,13-,14+/m1/s1. The second-order valence-electron chi connectivity index (χ2n) is 5.26. The lowest BCUT2D eigenvalue weighted by Crippen LogP contribution is -2.45. The van der Waals surface area contributed by atoms with Crippen LogP contribution in [-0.4, -0.2) is 31.4 Å². The van der Waals surface area contributed by atoms with E-state index in [0.717, 1.165) is 12.0 Å². The Morgan fingerprint density at radius 3 is 2.86 bits per heavy atom. The number of alkyl carbamates (subject to hydrolysis) is 1. The number of rotatable bonds is 5. The second-order valence-corrected chi connectivity index (χ2v) is 5.26. The van der Waals surface area contributed by atoms with Gasteiger partial charge >= 0.3 is 6.09 Å². The average molecular weight is 304 g/mol. The van der Waals surface area contributed by atoms with Gasteiger partial charge in [0.05, 0.1) is 12.1 Å². The first-order chi connectivity index (χ1) is 10.7. The highest BCUT2D eigenvalue weighted by Crippen LogP contribution is 2.24. The van der Waals surface area contributed by atoms with Crippen molar-refractivity contribution in [2.75, 3.05) is 7.11 Å². The Morgan fingerprint density at radius 1 is 1.41 bits per heavy atom. The molecule has 0 aliphatic heterocycles. The van der Waals surface area contributed by atoms with Crippen LogP contribution in [0.15, 0.2) is 35.4 Å². The summed E-state index contributed by atoms with van der Waals surface area (Å²) < 4.78 is 10.5. The van der Waals surface area contributed by atoms with Crippen molar-refractivity contribution >= 4 is 6.09 Å². The molecule has 1 fully saturated rings. The fourth-order valence-electron chi connectivity index (χ4n) is 2.63. The zero-order valence-corrected chi connectivity index (χ0v) is 12.5. The van der Waals surface area contributed by atoms with Crippen molar-refractivity contribution in [3.8, 4) is 0 Å². The molecule has 7 heteroatoms. The summed E-state index contributed by atoms with van der Waals surface area (Å²) in [5, 5.41) is 6.58. The van der Waals surface area contributed by atoms with E-state index in [9.17, 15) is 4.79 Å². The number of amides is 1. The molecule has 0 saturated heterocycles. The van der Waals surface area contributed by atoms with Crippen LogP contribution in [0.3, 0.4) is 0 Å². The van der Waals surface area contributed by atoms with Crippen LogP contribution in [0, 0.1) is 0 Å². The van der Waals surface area contributed by atoms with Gasteiger partial charge in [-0.1, -0.05) is 35.4 Å². The van der Waals surface area contributed by atoms with E-state index in [-0.39, 0.29) is 24.8 Å². The number of hydrogen-bond acceptors (Lipinski definition) is 4. The fraction of sp³-hybridized carbons (Fsp3) is 0.533. The Balaban J connectivity index is 1.78. The molecule has 3 atom stereocenters. The smallest absolute Gasteiger partial charge is 0.407 e. The molecule has 0 aromatic heterocycles. The monoisotopic (exact) mass is 304 g/mol. The lowest BCUT2D eigenvalue weighted by Gasteiger charge is -2.32. The van der Waals surface area contributed by atoms with Crippen molar-refractivity contribution in [2.45, 2.75) is 44.1 Å². The van der Waals surface area contributed by atoms with Crippen molar-refractivity contribution in [3.05, 3.63) is 46.3 Å². The Morgan fingerprint density at radius 2 is 2.18 bits per heavy atom. The molecule has 7 nitrogen and oxygen atoms in total. The summed E-state index contributed by atoms with van der Waals surface area (Å²) in [6.45, 7) is 0.244. The van der Waals surface area contributed by atoms with Crippen molar-refractivity contribution in [2.24, 2.45) is 5.11 Å². The van der Waals surface area contributed by atoms with Crippen molar-refractivity contribution in [3.63, 3.8) is 0 Å². The molecule has 22 heavy (non-hydrogen) atoms. The number of benzene rings is 1. The minimum Gasteiger partial charge on any atom is -0.445 e. The maximum atomic E-state index is 11.8. The van der Waals surface area contributed by atoms with Gasteiger partial charge in [0.25, 0.3) is 0 Å². The molecule has 1 aliphatic carbocycles. The molecule has 1 amide bonds. The number of nitrogens with zero attached hydrogens (tertiary/aromatic N) is 3. The maximum absolute atomic E-state index is 11.8. The summed E-state index contributed by atoms with van der Waals surface area (Å²) in [5.74, 6) is 0. The molecule has 1 aliphatic rings. The molecule has 2 rings (SSSR count). The summed E-state index contributed by atoms with van der Waals surface area (Å²) >= 11 is 0. The highest BCUT2D eigenvalue weighted by atomic mass is 16.5. The molecule has 118 valence electrons. The van der Waals surface area contributed by atoms with E-state index in [0.29, 0.717) is 12.8 Å². The summed E-state index contributed by atoms with van der Waals surface area (Å²) in [6.07, 6.45) is 1.42. The van der Waals surface area contributed by atoms with Gasteiger partial charge in [-0.3, -0.25) is 0 Å². The SMILES string of the molecule is CO[C@H]1C[C@H](NC(=O)OCc2ccccc2)CC[C@H]1N=[N+]=[N-]. The quantitative estimate of drug-likeness (QED) is 0.514. The van der Waals surface area contributed by atoms with Crippen LogP contribution in [0.25, 0.3) is 10.4 Å². The summed E-state index contributed by atoms with van der Waals surface area (Å²) in [7, 11) is 1.58. The molecule has 0 bridgehead atoms. The average Bonchev–Trinajstić information content (AvgIpc) is 2.55. The van der Waals surface area contributed by atoms with Crippen LogP contribution in [0.5, 0.6) is 0 Å². The zero-order valence-electron chi connectivity index (χ0n) is 12.5. The summed E-state index contributed by atoms with van der Waals surface area (Å²) in [6, 6.07) is 9.31. The molecule has 1 aromatic rings. The topological polar surface area (TPSA) is 96.3 Å². The van der Waals surface area contributed by atoms with E-state index in [4.69, 9.17) is 15.0 Å². The van der Waals surface area contributed by atoms with Gasteiger partial charge in [-0.2, -0.15) is 0 Å². The van der Waals surface area contributed by atoms with Crippen molar-refractivity contribution in [1.29, 1.82) is 0 Å². The van der Waals surface area contributed by atoms with Gasteiger partial charge in [0, 0.05) is 18.1 Å². The number of azide groups is 1. The second kappa shape index (κ2) is 8.26. The van der Waals surface area contributed by atoms with E-state index >= 15 is 0 Å². The van der Waals surface area contributed by atoms with Gasteiger partial charge in [-0.15, -0.1) is 0 Å². The fourth-order valence-corrected chi connectivity index (χ4v) is 2.63. The molecule has 1 aromatic carbocycles. The Labute approximate surface area is 129 Å². The van der Waals surface area contributed by atoms with Gasteiger partial charge in [0.2, 0.25) is 0 Å². The van der Waals surface area contributed by atoms with Gasteiger partial charge in [-0.05, 0) is 30.4 Å². The first-order valence-electron chi connectivity index (χ1n) is 7.27. The van der Waals surface area contributed by atoms with Gasteiger partial charge in [0.1, 0.15) is 6.61 Å². The number of carbonyl (C=O) groups is 1. The highest BCUT2D eigenvalue weighted by Gasteiger charge is 2.30. The first kappa shape index (κ1) is 16.1. The van der Waals surface area contributed by atoms with Crippen molar-refractivity contribution < 1.29 is 14.3 Å². The predicted octanol–water partition coefficient (Wildman–Crippen LogP) is 3.16. The minimum absolute atomic E-state index is 0.0293. The largest absolute Gasteiger partial charge is 0.445 e. The number of carbonyl (C=O) groups excluding carboxylic acids is 1. The van der Waals surface area contributed by atoms with Crippen LogP contribution >= 0.6 is 0 Å². The van der Waals surface area contributed by atoms with Crippen LogP contribution < -0.4 is 5.32 Å². The molecule has 0 spiro atoms. The van der Waals surface area contributed by atoms with Crippen LogP contribution in [-0.2, 0) is 16.1 Å². The van der Waals surface area contributed by atoms with E-state index < -0.39 is 6.09 Å². The first-order valence-corrected chi connectivity index (χ1v) is 7.27. The minimum atomic E-state index is -0.439. The lowest BCUT2D eigenvalue weighted by atomic mass is 9.89. The van der Waals surface area contributed by atoms with E-state index in [1.165, 1.54) is 0 Å². The lowest BCUT2D eigenvalue weighted by molar-refractivity contribution is 0.0415. The predicted molar refractivity (Wildman–Crippen MR) is 81.1 cm³/mol. The number of methoxy groups -OCH3 is 1. The van der Waals surface area contributed by atoms with Crippen LogP contribution in [0.4, 0.5) is 4.79 Å².